The average Bonchev–Trinajstić information content (AvgIpc) is 2.19. The zero-order valence-electron chi connectivity index (χ0n) is 9.10. The molecule has 1 aliphatic heterocycles. The molecule has 1 fully saturated rings. The van der Waals surface area contributed by atoms with Crippen molar-refractivity contribution in [3.8, 4) is 0 Å². The molecule has 6 heteroatoms. The number of nitrogens with two attached hydrogens (primary N) is 1. The lowest BCUT2D eigenvalue weighted by atomic mass is 10.1. The fraction of sp³-hybridized carbons (Fsp3) is 0.889. The van der Waals surface area contributed by atoms with E-state index in [1.54, 1.807) is 13.8 Å². The van der Waals surface area contributed by atoms with E-state index >= 15 is 0 Å². The van der Waals surface area contributed by atoms with E-state index in [0.717, 1.165) is 26.4 Å². The van der Waals surface area contributed by atoms with Gasteiger partial charge in [0.2, 0.25) is 0 Å². The molecule has 15 heavy (non-hydrogen) atoms. The molecule has 1 aliphatic rings. The van der Waals surface area contributed by atoms with E-state index in [9.17, 15) is 4.79 Å². The van der Waals surface area contributed by atoms with Crippen LogP contribution in [0.25, 0.3) is 0 Å². The van der Waals surface area contributed by atoms with Gasteiger partial charge in [-0.1, -0.05) is 0 Å². The van der Waals surface area contributed by atoms with Gasteiger partial charge in [0.1, 0.15) is 6.04 Å². The normalized spacial score (nSPS) is 18.7. The number of ether oxygens (including phenoxy) is 2. The minimum absolute atomic E-state index is 0.647. The maximum absolute atomic E-state index is 10.2. The molecule has 0 amide bonds. The summed E-state index contributed by atoms with van der Waals surface area (Å²) < 4.78 is 9.24. The SMILES string of the molecule is C1COCCO1.CC(C)(S)C(N)C(=O)O. The van der Waals surface area contributed by atoms with Gasteiger partial charge >= 0.3 is 5.97 Å². The minimum atomic E-state index is -1.02. The molecule has 0 radical (unpaired) electrons. The summed E-state index contributed by atoms with van der Waals surface area (Å²) in [5.41, 5.74) is 5.22. The Balaban J connectivity index is 0.000000280. The van der Waals surface area contributed by atoms with Crippen molar-refractivity contribution in [2.45, 2.75) is 24.6 Å². The van der Waals surface area contributed by atoms with Crippen LogP contribution in [-0.4, -0.2) is 48.3 Å². The molecule has 0 aliphatic carbocycles. The van der Waals surface area contributed by atoms with Crippen LogP contribution < -0.4 is 5.73 Å². The van der Waals surface area contributed by atoms with Gasteiger partial charge in [-0.25, -0.2) is 0 Å². The maximum Gasteiger partial charge on any atom is 0.321 e. The van der Waals surface area contributed by atoms with E-state index in [4.69, 9.17) is 20.3 Å². The van der Waals surface area contributed by atoms with Crippen molar-refractivity contribution < 1.29 is 19.4 Å². The lowest BCUT2D eigenvalue weighted by molar-refractivity contribution is -0.139. The number of carboxylic acid groups (broad SMARTS) is 1. The second-order valence-electron chi connectivity index (χ2n) is 3.69. The van der Waals surface area contributed by atoms with Crippen molar-refractivity contribution in [1.29, 1.82) is 0 Å². The molecular weight excluding hydrogens is 218 g/mol. The van der Waals surface area contributed by atoms with Crippen LogP contribution in [0, 0.1) is 0 Å². The Kier molecular flexibility index (Phi) is 6.91. The van der Waals surface area contributed by atoms with Gasteiger partial charge in [0.25, 0.3) is 0 Å². The first kappa shape index (κ1) is 14.7. The molecule has 90 valence electrons. The third-order valence-electron chi connectivity index (χ3n) is 1.77. The van der Waals surface area contributed by atoms with Gasteiger partial charge < -0.3 is 20.3 Å². The molecule has 0 aromatic carbocycles. The van der Waals surface area contributed by atoms with Gasteiger partial charge in [-0.3, -0.25) is 4.79 Å². The summed E-state index contributed by atoms with van der Waals surface area (Å²) in [6.45, 7) is 6.43. The predicted octanol–water partition coefficient (Wildman–Crippen LogP) is 0.140. The third kappa shape index (κ3) is 7.61. The topological polar surface area (TPSA) is 81.8 Å². The zero-order valence-corrected chi connectivity index (χ0v) is 10.00. The van der Waals surface area contributed by atoms with Crippen LogP contribution in [0.2, 0.25) is 0 Å². The number of aliphatic carboxylic acids is 1. The molecule has 3 N–H and O–H groups in total. The summed E-state index contributed by atoms with van der Waals surface area (Å²) in [5, 5.41) is 8.34. The summed E-state index contributed by atoms with van der Waals surface area (Å²) in [6.07, 6.45) is 0. The number of carboxylic acids is 1. The molecule has 0 bridgehead atoms. The van der Waals surface area contributed by atoms with Crippen molar-refractivity contribution in [2.75, 3.05) is 26.4 Å². The Morgan fingerprint density at radius 3 is 1.73 bits per heavy atom. The molecule has 1 saturated heterocycles. The lowest BCUT2D eigenvalue weighted by Gasteiger charge is -2.21. The highest BCUT2D eigenvalue weighted by molar-refractivity contribution is 7.81. The molecule has 0 spiro atoms. The van der Waals surface area contributed by atoms with E-state index in [0.29, 0.717) is 0 Å². The highest BCUT2D eigenvalue weighted by Crippen LogP contribution is 2.15. The van der Waals surface area contributed by atoms with Crippen molar-refractivity contribution in [2.24, 2.45) is 5.73 Å². The smallest absolute Gasteiger partial charge is 0.321 e. The Bertz CT molecular complexity index is 178. The maximum atomic E-state index is 10.2. The average molecular weight is 237 g/mol. The molecule has 0 aromatic heterocycles. The number of rotatable bonds is 2. The summed E-state index contributed by atoms with van der Waals surface area (Å²) >= 11 is 3.98. The van der Waals surface area contributed by atoms with Crippen LogP contribution in [0.5, 0.6) is 0 Å². The van der Waals surface area contributed by atoms with E-state index in [-0.39, 0.29) is 0 Å². The summed E-state index contributed by atoms with van der Waals surface area (Å²) in [4.78, 5) is 10.2. The minimum Gasteiger partial charge on any atom is -0.480 e. The van der Waals surface area contributed by atoms with Gasteiger partial charge in [0.15, 0.2) is 0 Å². The Hall–Kier alpha value is -0.300. The first-order chi connectivity index (χ1) is 6.85. The Morgan fingerprint density at radius 2 is 1.67 bits per heavy atom. The highest BCUT2D eigenvalue weighted by atomic mass is 32.1. The molecule has 1 rings (SSSR count). The first-order valence-electron chi connectivity index (χ1n) is 4.72. The van der Waals surface area contributed by atoms with E-state index in [1.165, 1.54) is 0 Å². The number of carbonyl (C=O) groups is 1. The van der Waals surface area contributed by atoms with Gasteiger partial charge in [0.05, 0.1) is 26.4 Å². The quantitative estimate of drug-likeness (QED) is 0.595. The van der Waals surface area contributed by atoms with Crippen LogP contribution >= 0.6 is 12.6 Å². The molecule has 0 saturated carbocycles. The fourth-order valence-corrected chi connectivity index (χ4v) is 0.852. The largest absolute Gasteiger partial charge is 0.480 e. The molecular formula is C9H19NO4S. The predicted molar refractivity (Wildman–Crippen MR) is 60.3 cm³/mol. The summed E-state index contributed by atoms with van der Waals surface area (Å²) in [5.74, 6) is -1.02. The summed E-state index contributed by atoms with van der Waals surface area (Å²) in [7, 11) is 0. The van der Waals surface area contributed by atoms with E-state index in [2.05, 4.69) is 12.6 Å². The van der Waals surface area contributed by atoms with Crippen molar-refractivity contribution in [1.82, 2.24) is 0 Å². The van der Waals surface area contributed by atoms with Crippen LogP contribution in [0.4, 0.5) is 0 Å². The zero-order chi connectivity index (χ0) is 11.9. The van der Waals surface area contributed by atoms with Gasteiger partial charge in [0, 0.05) is 4.75 Å². The monoisotopic (exact) mass is 237 g/mol. The number of thiol groups is 1. The van der Waals surface area contributed by atoms with Crippen LogP contribution in [0.1, 0.15) is 13.8 Å². The van der Waals surface area contributed by atoms with Crippen molar-refractivity contribution in [3.63, 3.8) is 0 Å². The van der Waals surface area contributed by atoms with E-state index in [1.807, 2.05) is 0 Å². The first-order valence-corrected chi connectivity index (χ1v) is 5.16. The van der Waals surface area contributed by atoms with Crippen LogP contribution in [0.15, 0.2) is 0 Å². The summed E-state index contributed by atoms with van der Waals surface area (Å²) in [6, 6.07) is -0.902. The fourth-order valence-electron chi connectivity index (χ4n) is 0.742. The third-order valence-corrected chi connectivity index (χ3v) is 2.05. The molecule has 0 aromatic rings. The Morgan fingerprint density at radius 1 is 1.33 bits per heavy atom. The van der Waals surface area contributed by atoms with Crippen LogP contribution in [0.3, 0.4) is 0 Å². The lowest BCUT2D eigenvalue weighted by Crippen LogP contribution is -2.45. The molecule has 1 atom stereocenters. The molecule has 1 unspecified atom stereocenters. The second-order valence-corrected chi connectivity index (χ2v) is 4.85. The molecule has 1 heterocycles. The van der Waals surface area contributed by atoms with Gasteiger partial charge in [-0.2, -0.15) is 12.6 Å². The van der Waals surface area contributed by atoms with Gasteiger partial charge in [-0.05, 0) is 13.8 Å². The Labute approximate surface area is 95.3 Å². The van der Waals surface area contributed by atoms with Crippen molar-refractivity contribution in [3.05, 3.63) is 0 Å². The second kappa shape index (κ2) is 7.05. The molecule has 5 nitrogen and oxygen atoms in total. The van der Waals surface area contributed by atoms with Crippen molar-refractivity contribution >= 4 is 18.6 Å². The highest BCUT2D eigenvalue weighted by Gasteiger charge is 2.27. The standard InChI is InChI=1S/C5H11NO2S.C4H8O2/c1-5(2,9)3(6)4(7)8;1-2-6-4-3-5-1/h3,9H,6H2,1-2H3,(H,7,8);1-4H2. The van der Waals surface area contributed by atoms with Gasteiger partial charge in [-0.15, -0.1) is 0 Å². The number of hydrogen-bond donors (Lipinski definition) is 3. The number of hydrogen-bond acceptors (Lipinski definition) is 5. The van der Waals surface area contributed by atoms with Crippen LogP contribution in [-0.2, 0) is 14.3 Å². The van der Waals surface area contributed by atoms with E-state index < -0.39 is 16.8 Å².